The Kier molecular flexibility index (Phi) is 3.63. The highest BCUT2D eigenvalue weighted by Gasteiger charge is 2.32. The Morgan fingerprint density at radius 1 is 1.50 bits per heavy atom. The van der Waals surface area contributed by atoms with Gasteiger partial charge in [-0.15, -0.1) is 0 Å². The quantitative estimate of drug-likeness (QED) is 0.834. The summed E-state index contributed by atoms with van der Waals surface area (Å²) in [5.74, 6) is 0.605. The molecule has 0 aliphatic heterocycles. The van der Waals surface area contributed by atoms with Gasteiger partial charge in [-0.3, -0.25) is 4.68 Å². The molecular weight excluding hydrogens is 252 g/mol. The highest BCUT2D eigenvalue weighted by Crippen LogP contribution is 2.32. The molecule has 2 rings (SSSR count). The van der Waals surface area contributed by atoms with Crippen molar-refractivity contribution >= 4 is 15.8 Å². The van der Waals surface area contributed by atoms with Crippen LogP contribution in [-0.4, -0.2) is 35.6 Å². The van der Waals surface area contributed by atoms with Gasteiger partial charge in [0.1, 0.15) is 4.90 Å². The second kappa shape index (κ2) is 4.89. The van der Waals surface area contributed by atoms with Crippen LogP contribution in [-0.2, 0) is 16.6 Å². The lowest BCUT2D eigenvalue weighted by Crippen LogP contribution is -2.33. The molecule has 102 valence electrons. The third-order valence-electron chi connectivity index (χ3n) is 3.21. The van der Waals surface area contributed by atoms with Crippen LogP contribution < -0.4 is 5.73 Å². The predicted molar refractivity (Wildman–Crippen MR) is 69.5 cm³/mol. The highest BCUT2D eigenvalue weighted by molar-refractivity contribution is 7.89. The summed E-state index contributed by atoms with van der Waals surface area (Å²) in [6.45, 7) is 5.41. The summed E-state index contributed by atoms with van der Waals surface area (Å²) < 4.78 is 28.0. The first-order valence-corrected chi connectivity index (χ1v) is 7.76. The summed E-state index contributed by atoms with van der Waals surface area (Å²) in [5, 5.41) is 4.00. The van der Waals surface area contributed by atoms with E-state index in [4.69, 9.17) is 5.73 Å². The number of nitrogens with two attached hydrogens (primary N) is 1. The van der Waals surface area contributed by atoms with Crippen LogP contribution in [0.25, 0.3) is 0 Å². The number of hydrogen-bond acceptors (Lipinski definition) is 4. The zero-order valence-electron chi connectivity index (χ0n) is 10.8. The van der Waals surface area contributed by atoms with Crippen LogP contribution in [0.1, 0.15) is 26.7 Å². The van der Waals surface area contributed by atoms with Gasteiger partial charge < -0.3 is 5.73 Å². The Morgan fingerprint density at radius 3 is 2.61 bits per heavy atom. The fraction of sp³-hybridized carbons (Fsp3) is 0.727. The average molecular weight is 272 g/mol. The number of nitrogen functional groups attached to an aromatic ring is 1. The Bertz CT molecular complexity index is 519. The molecule has 0 bridgehead atoms. The SMILES string of the molecule is CCN(CC1CC1)S(=O)(=O)c1cn(CC)nc1N. The monoisotopic (exact) mass is 272 g/mol. The first-order chi connectivity index (χ1) is 8.48. The fourth-order valence-corrected chi connectivity index (χ4v) is 3.49. The molecule has 0 radical (unpaired) electrons. The Hall–Kier alpha value is -1.08. The maximum absolute atomic E-state index is 12.5. The molecule has 0 spiro atoms. The molecule has 1 aromatic heterocycles. The molecule has 0 atom stereocenters. The van der Waals surface area contributed by atoms with Gasteiger partial charge in [0.25, 0.3) is 0 Å². The van der Waals surface area contributed by atoms with Crippen LogP contribution in [0.4, 0.5) is 5.82 Å². The van der Waals surface area contributed by atoms with Crippen LogP contribution in [0.2, 0.25) is 0 Å². The Labute approximate surface area is 108 Å². The summed E-state index contributed by atoms with van der Waals surface area (Å²) in [6.07, 6.45) is 3.76. The van der Waals surface area contributed by atoms with E-state index in [2.05, 4.69) is 5.10 Å². The van der Waals surface area contributed by atoms with Crippen molar-refractivity contribution in [2.75, 3.05) is 18.8 Å². The maximum atomic E-state index is 12.5. The van der Waals surface area contributed by atoms with E-state index in [1.807, 2.05) is 13.8 Å². The summed E-state index contributed by atoms with van der Waals surface area (Å²) in [7, 11) is -3.50. The zero-order valence-corrected chi connectivity index (χ0v) is 11.7. The number of nitrogens with zero attached hydrogens (tertiary/aromatic N) is 3. The smallest absolute Gasteiger partial charge is 0.248 e. The second-order valence-electron chi connectivity index (χ2n) is 4.63. The van der Waals surface area contributed by atoms with Gasteiger partial charge in [0, 0.05) is 25.8 Å². The van der Waals surface area contributed by atoms with Crippen LogP contribution in [0.15, 0.2) is 11.1 Å². The van der Waals surface area contributed by atoms with Crippen molar-refractivity contribution in [3.63, 3.8) is 0 Å². The molecule has 0 unspecified atom stereocenters. The number of aromatic nitrogens is 2. The van der Waals surface area contributed by atoms with Crippen molar-refractivity contribution in [3.05, 3.63) is 6.20 Å². The average Bonchev–Trinajstić information content (AvgIpc) is 3.07. The third-order valence-corrected chi connectivity index (χ3v) is 5.17. The standard InChI is InChI=1S/C11H20N4O2S/c1-3-14-8-10(11(12)13-14)18(16,17)15(4-2)7-9-5-6-9/h8-9H,3-7H2,1-2H3,(H2,12,13). The molecular formula is C11H20N4O2S. The topological polar surface area (TPSA) is 81.2 Å². The lowest BCUT2D eigenvalue weighted by molar-refractivity contribution is 0.412. The molecule has 18 heavy (non-hydrogen) atoms. The fourth-order valence-electron chi connectivity index (χ4n) is 1.90. The van der Waals surface area contributed by atoms with Crippen LogP contribution in [0, 0.1) is 5.92 Å². The van der Waals surface area contributed by atoms with Gasteiger partial charge in [-0.1, -0.05) is 6.92 Å². The highest BCUT2D eigenvalue weighted by atomic mass is 32.2. The number of hydrogen-bond donors (Lipinski definition) is 1. The van der Waals surface area contributed by atoms with Crippen molar-refractivity contribution < 1.29 is 8.42 Å². The van der Waals surface area contributed by atoms with E-state index in [1.165, 1.54) is 10.5 Å². The van der Waals surface area contributed by atoms with Crippen LogP contribution in [0.5, 0.6) is 0 Å². The van der Waals surface area contributed by atoms with E-state index in [0.717, 1.165) is 12.8 Å². The molecule has 0 amide bonds. The summed E-state index contributed by atoms with van der Waals surface area (Å²) >= 11 is 0. The molecule has 6 nitrogen and oxygen atoms in total. The Balaban J connectivity index is 2.29. The molecule has 1 aromatic rings. The van der Waals surface area contributed by atoms with Crippen molar-refractivity contribution in [1.29, 1.82) is 0 Å². The lowest BCUT2D eigenvalue weighted by Gasteiger charge is -2.19. The molecule has 1 fully saturated rings. The van der Waals surface area contributed by atoms with Crippen molar-refractivity contribution in [3.8, 4) is 0 Å². The van der Waals surface area contributed by atoms with Gasteiger partial charge in [0.15, 0.2) is 5.82 Å². The van der Waals surface area contributed by atoms with E-state index in [9.17, 15) is 8.42 Å². The second-order valence-corrected chi connectivity index (χ2v) is 6.54. The molecule has 1 heterocycles. The molecule has 7 heteroatoms. The van der Waals surface area contributed by atoms with E-state index in [-0.39, 0.29) is 10.7 Å². The van der Waals surface area contributed by atoms with Gasteiger partial charge in [-0.05, 0) is 25.7 Å². The molecule has 2 N–H and O–H groups in total. The van der Waals surface area contributed by atoms with Crippen LogP contribution >= 0.6 is 0 Å². The minimum atomic E-state index is -3.50. The molecule has 1 saturated carbocycles. The van der Waals surface area contributed by atoms with E-state index in [0.29, 0.717) is 25.6 Å². The minimum absolute atomic E-state index is 0.0890. The summed E-state index contributed by atoms with van der Waals surface area (Å²) in [5.41, 5.74) is 5.70. The first-order valence-electron chi connectivity index (χ1n) is 6.32. The van der Waals surface area contributed by atoms with Crippen molar-refractivity contribution in [2.24, 2.45) is 5.92 Å². The van der Waals surface area contributed by atoms with E-state index in [1.54, 1.807) is 4.68 Å². The summed E-state index contributed by atoms with van der Waals surface area (Å²) in [4.78, 5) is 0.131. The number of aryl methyl sites for hydroxylation is 1. The van der Waals surface area contributed by atoms with Gasteiger partial charge in [0.05, 0.1) is 0 Å². The van der Waals surface area contributed by atoms with Crippen molar-refractivity contribution in [2.45, 2.75) is 38.1 Å². The molecule has 0 saturated heterocycles. The van der Waals surface area contributed by atoms with E-state index < -0.39 is 10.0 Å². The molecule has 1 aliphatic carbocycles. The molecule has 1 aliphatic rings. The summed E-state index contributed by atoms with van der Waals surface area (Å²) in [6, 6.07) is 0. The van der Waals surface area contributed by atoms with Gasteiger partial charge in [-0.25, -0.2) is 8.42 Å². The Morgan fingerprint density at radius 2 is 2.17 bits per heavy atom. The van der Waals surface area contributed by atoms with Crippen molar-refractivity contribution in [1.82, 2.24) is 14.1 Å². The van der Waals surface area contributed by atoms with Crippen LogP contribution in [0.3, 0.4) is 0 Å². The minimum Gasteiger partial charge on any atom is -0.381 e. The van der Waals surface area contributed by atoms with Gasteiger partial charge in [0.2, 0.25) is 10.0 Å². The number of rotatable bonds is 6. The molecule has 0 aromatic carbocycles. The lowest BCUT2D eigenvalue weighted by atomic mass is 10.4. The van der Waals surface area contributed by atoms with Gasteiger partial charge >= 0.3 is 0 Å². The zero-order chi connectivity index (χ0) is 13.3. The predicted octanol–water partition coefficient (Wildman–Crippen LogP) is 0.906. The van der Waals surface area contributed by atoms with E-state index >= 15 is 0 Å². The largest absolute Gasteiger partial charge is 0.381 e. The number of sulfonamides is 1. The third kappa shape index (κ3) is 2.51. The van der Waals surface area contributed by atoms with Gasteiger partial charge in [-0.2, -0.15) is 9.40 Å². The normalized spacial score (nSPS) is 16.4. The maximum Gasteiger partial charge on any atom is 0.248 e. The first kappa shape index (κ1) is 13.4. The number of anilines is 1.